The highest BCUT2D eigenvalue weighted by molar-refractivity contribution is 7.89. The minimum atomic E-state index is -3.44. The number of piperidine rings is 1. The van der Waals surface area contributed by atoms with Gasteiger partial charge in [0.05, 0.1) is 11.0 Å². The van der Waals surface area contributed by atoms with E-state index in [9.17, 15) is 8.42 Å². The Labute approximate surface area is 114 Å². The number of sulfonamides is 1. The molecule has 0 spiro atoms. The zero-order valence-corrected chi connectivity index (χ0v) is 12.1. The van der Waals surface area contributed by atoms with Crippen molar-refractivity contribution >= 4 is 15.7 Å². The zero-order chi connectivity index (χ0) is 14.0. The predicted octanol–water partition coefficient (Wildman–Crippen LogP) is 1.38. The van der Waals surface area contributed by atoms with Gasteiger partial charge in [-0.1, -0.05) is 6.07 Å². The number of nitrogens with zero attached hydrogens (tertiary/aromatic N) is 1. The zero-order valence-electron chi connectivity index (χ0n) is 11.3. The van der Waals surface area contributed by atoms with Crippen LogP contribution in [0, 0.1) is 6.92 Å². The van der Waals surface area contributed by atoms with E-state index in [1.807, 2.05) is 6.92 Å². The van der Waals surface area contributed by atoms with Crippen molar-refractivity contribution < 1.29 is 13.2 Å². The predicted molar refractivity (Wildman–Crippen MR) is 74.4 cm³/mol. The number of hydrogen-bond donors (Lipinski definition) is 1. The first-order chi connectivity index (χ1) is 8.95. The van der Waals surface area contributed by atoms with Gasteiger partial charge in [0.25, 0.3) is 0 Å². The maximum absolute atomic E-state index is 12.5. The van der Waals surface area contributed by atoms with Crippen LogP contribution in [0.3, 0.4) is 0 Å². The molecule has 5 nitrogen and oxygen atoms in total. The average Bonchev–Trinajstić information content (AvgIpc) is 2.41. The van der Waals surface area contributed by atoms with Crippen LogP contribution in [0.1, 0.15) is 18.4 Å². The van der Waals surface area contributed by atoms with Crippen LogP contribution in [0.5, 0.6) is 0 Å². The third-order valence-corrected chi connectivity index (χ3v) is 5.52. The Bertz CT molecular complexity index is 549. The van der Waals surface area contributed by atoms with Gasteiger partial charge in [0.1, 0.15) is 0 Å². The van der Waals surface area contributed by atoms with Gasteiger partial charge in [0, 0.05) is 25.9 Å². The lowest BCUT2D eigenvalue weighted by Crippen LogP contribution is -2.40. The Kier molecular flexibility index (Phi) is 4.13. The normalized spacial score (nSPS) is 18.6. The summed E-state index contributed by atoms with van der Waals surface area (Å²) in [7, 11) is -1.77. The Balaban J connectivity index is 2.21. The Morgan fingerprint density at radius 2 is 1.95 bits per heavy atom. The highest BCUT2D eigenvalue weighted by atomic mass is 32.2. The molecule has 0 atom stereocenters. The molecule has 1 saturated heterocycles. The number of nitrogens with two attached hydrogens (primary N) is 1. The molecule has 0 unspecified atom stereocenters. The van der Waals surface area contributed by atoms with Gasteiger partial charge in [-0.3, -0.25) is 0 Å². The van der Waals surface area contributed by atoms with Crippen molar-refractivity contribution in [3.05, 3.63) is 23.8 Å². The standard InChI is InChI=1S/C13H20N2O3S/c1-10-3-4-12(9-13(10)14)19(16,17)15-7-5-11(18-2)6-8-15/h3-4,9,11H,5-8,14H2,1-2H3. The summed E-state index contributed by atoms with van der Waals surface area (Å²) in [5, 5.41) is 0. The number of rotatable bonds is 3. The first kappa shape index (κ1) is 14.3. The summed E-state index contributed by atoms with van der Waals surface area (Å²) in [6.45, 7) is 2.85. The first-order valence-electron chi connectivity index (χ1n) is 6.34. The van der Waals surface area contributed by atoms with Crippen molar-refractivity contribution in [2.75, 3.05) is 25.9 Å². The molecule has 1 aromatic carbocycles. The molecule has 0 saturated carbocycles. The van der Waals surface area contributed by atoms with E-state index in [4.69, 9.17) is 10.5 Å². The van der Waals surface area contributed by atoms with E-state index in [1.165, 1.54) is 10.4 Å². The van der Waals surface area contributed by atoms with Gasteiger partial charge < -0.3 is 10.5 Å². The van der Waals surface area contributed by atoms with Crippen LogP contribution in [-0.2, 0) is 14.8 Å². The molecule has 0 aromatic heterocycles. The van der Waals surface area contributed by atoms with Gasteiger partial charge in [-0.15, -0.1) is 0 Å². The first-order valence-corrected chi connectivity index (χ1v) is 7.78. The van der Waals surface area contributed by atoms with Crippen LogP contribution in [0.15, 0.2) is 23.1 Å². The molecule has 0 amide bonds. The van der Waals surface area contributed by atoms with E-state index in [0.29, 0.717) is 18.8 Å². The molecule has 2 rings (SSSR count). The summed E-state index contributed by atoms with van der Waals surface area (Å²) in [6, 6.07) is 4.89. The molecule has 1 fully saturated rings. The van der Waals surface area contributed by atoms with Crippen molar-refractivity contribution in [2.24, 2.45) is 0 Å². The number of aryl methyl sites for hydroxylation is 1. The smallest absolute Gasteiger partial charge is 0.243 e. The molecule has 6 heteroatoms. The Morgan fingerprint density at radius 1 is 1.32 bits per heavy atom. The van der Waals surface area contributed by atoms with Crippen molar-refractivity contribution in [1.29, 1.82) is 0 Å². The quantitative estimate of drug-likeness (QED) is 0.851. The fourth-order valence-corrected chi connectivity index (χ4v) is 3.74. The molecule has 1 aliphatic rings. The lowest BCUT2D eigenvalue weighted by Gasteiger charge is -2.30. The Hall–Kier alpha value is -1.11. The molecule has 0 bridgehead atoms. The third-order valence-electron chi connectivity index (χ3n) is 3.62. The third kappa shape index (κ3) is 2.91. The minimum absolute atomic E-state index is 0.162. The Morgan fingerprint density at radius 3 is 2.47 bits per heavy atom. The van der Waals surface area contributed by atoms with Crippen molar-refractivity contribution in [3.63, 3.8) is 0 Å². The molecule has 1 heterocycles. The maximum atomic E-state index is 12.5. The summed E-state index contributed by atoms with van der Waals surface area (Å²) in [6.07, 6.45) is 1.63. The largest absolute Gasteiger partial charge is 0.398 e. The summed E-state index contributed by atoms with van der Waals surface area (Å²) in [4.78, 5) is 0.270. The topological polar surface area (TPSA) is 72.6 Å². The van der Waals surface area contributed by atoms with E-state index >= 15 is 0 Å². The van der Waals surface area contributed by atoms with Gasteiger partial charge in [-0.25, -0.2) is 8.42 Å². The lowest BCUT2D eigenvalue weighted by molar-refractivity contribution is 0.0604. The molecule has 2 N–H and O–H groups in total. The lowest BCUT2D eigenvalue weighted by atomic mass is 10.1. The highest BCUT2D eigenvalue weighted by Crippen LogP contribution is 2.24. The molecule has 0 aliphatic carbocycles. The molecule has 0 radical (unpaired) electrons. The highest BCUT2D eigenvalue weighted by Gasteiger charge is 2.29. The van der Waals surface area contributed by atoms with Gasteiger partial charge in [-0.2, -0.15) is 4.31 Å². The van der Waals surface area contributed by atoms with Gasteiger partial charge in [0.15, 0.2) is 0 Å². The number of nitrogen functional groups attached to an aromatic ring is 1. The summed E-state index contributed by atoms with van der Waals surface area (Å²) < 4.78 is 31.7. The monoisotopic (exact) mass is 284 g/mol. The van der Waals surface area contributed by atoms with Crippen LogP contribution in [0.25, 0.3) is 0 Å². The van der Waals surface area contributed by atoms with Crippen molar-refractivity contribution in [2.45, 2.75) is 30.8 Å². The number of ether oxygens (including phenoxy) is 1. The van der Waals surface area contributed by atoms with Gasteiger partial charge >= 0.3 is 0 Å². The fraction of sp³-hybridized carbons (Fsp3) is 0.538. The fourth-order valence-electron chi connectivity index (χ4n) is 2.24. The van der Waals surface area contributed by atoms with Gasteiger partial charge in [0.2, 0.25) is 10.0 Å². The van der Waals surface area contributed by atoms with Crippen LogP contribution < -0.4 is 5.73 Å². The van der Waals surface area contributed by atoms with E-state index in [-0.39, 0.29) is 11.0 Å². The number of anilines is 1. The van der Waals surface area contributed by atoms with Gasteiger partial charge in [-0.05, 0) is 37.5 Å². The van der Waals surface area contributed by atoms with E-state index in [0.717, 1.165) is 18.4 Å². The van der Waals surface area contributed by atoms with E-state index < -0.39 is 10.0 Å². The molecule has 19 heavy (non-hydrogen) atoms. The molecule has 106 valence electrons. The molecule has 1 aliphatic heterocycles. The van der Waals surface area contributed by atoms with Crippen LogP contribution in [0.2, 0.25) is 0 Å². The number of benzene rings is 1. The maximum Gasteiger partial charge on any atom is 0.243 e. The summed E-state index contributed by atoms with van der Waals surface area (Å²) >= 11 is 0. The second-order valence-corrected chi connectivity index (χ2v) is 6.80. The molecular formula is C13H20N2O3S. The average molecular weight is 284 g/mol. The SMILES string of the molecule is COC1CCN(S(=O)(=O)c2ccc(C)c(N)c2)CC1. The van der Waals surface area contributed by atoms with Crippen molar-refractivity contribution in [3.8, 4) is 0 Å². The number of methoxy groups -OCH3 is 1. The molecule has 1 aromatic rings. The van der Waals surface area contributed by atoms with Crippen LogP contribution in [-0.4, -0.2) is 39.0 Å². The van der Waals surface area contributed by atoms with Crippen LogP contribution >= 0.6 is 0 Å². The summed E-state index contributed by atoms with van der Waals surface area (Å²) in [5.41, 5.74) is 7.18. The van der Waals surface area contributed by atoms with Crippen LogP contribution in [0.4, 0.5) is 5.69 Å². The van der Waals surface area contributed by atoms with E-state index in [1.54, 1.807) is 19.2 Å². The summed E-state index contributed by atoms with van der Waals surface area (Å²) in [5.74, 6) is 0. The second-order valence-electron chi connectivity index (χ2n) is 4.86. The second kappa shape index (κ2) is 5.48. The van der Waals surface area contributed by atoms with Crippen molar-refractivity contribution in [1.82, 2.24) is 4.31 Å². The number of hydrogen-bond acceptors (Lipinski definition) is 4. The van der Waals surface area contributed by atoms with E-state index in [2.05, 4.69) is 0 Å². The molecular weight excluding hydrogens is 264 g/mol. The minimum Gasteiger partial charge on any atom is -0.398 e.